The number of hydrogen-bond acceptors (Lipinski definition) is 2. The molecule has 2 amide bonds. The van der Waals surface area contributed by atoms with Crippen molar-refractivity contribution in [1.82, 2.24) is 10.2 Å². The third-order valence-corrected chi connectivity index (χ3v) is 3.79. The number of rotatable bonds is 1. The first-order valence-electron chi connectivity index (χ1n) is 5.64. The lowest BCUT2D eigenvalue weighted by atomic mass is 10.1. The summed E-state index contributed by atoms with van der Waals surface area (Å²) in [5.41, 5.74) is 0.347. The third kappa shape index (κ3) is 3.38. The number of urea groups is 1. The maximum absolute atomic E-state index is 12.2. The fourth-order valence-corrected chi connectivity index (χ4v) is 2.95. The van der Waals surface area contributed by atoms with Crippen LogP contribution < -0.4 is 10.6 Å². The number of hydrogen-bond donors (Lipinski definition) is 2. The number of benzene rings is 1. The SMILES string of the molecule is CC1(C)CN(C(=O)Nc2ccc(Br)cc2Cl)C(=S)N1. The number of amides is 2. The minimum Gasteiger partial charge on any atom is -0.355 e. The molecule has 0 aromatic heterocycles. The van der Waals surface area contributed by atoms with Crippen LogP contribution in [0.4, 0.5) is 10.5 Å². The van der Waals surface area contributed by atoms with Gasteiger partial charge in [0.05, 0.1) is 22.8 Å². The number of thiocarbonyl (C=S) groups is 1. The van der Waals surface area contributed by atoms with E-state index in [4.69, 9.17) is 23.8 Å². The van der Waals surface area contributed by atoms with Crippen LogP contribution in [0, 0.1) is 0 Å². The summed E-state index contributed by atoms with van der Waals surface area (Å²) in [5.74, 6) is 0. The van der Waals surface area contributed by atoms with Gasteiger partial charge in [-0.15, -0.1) is 0 Å². The molecular formula is C12H13BrClN3OS. The Kier molecular flexibility index (Phi) is 4.03. The van der Waals surface area contributed by atoms with Crippen molar-refractivity contribution < 1.29 is 4.79 Å². The lowest BCUT2D eigenvalue weighted by Crippen LogP contribution is -2.37. The number of carbonyl (C=O) groups excluding carboxylic acids is 1. The van der Waals surface area contributed by atoms with Crippen LogP contribution in [0.2, 0.25) is 5.02 Å². The number of anilines is 1. The number of halogens is 2. The molecule has 7 heteroatoms. The maximum Gasteiger partial charge on any atom is 0.328 e. The van der Waals surface area contributed by atoms with Gasteiger partial charge < -0.3 is 10.6 Å². The monoisotopic (exact) mass is 361 g/mol. The molecule has 0 atom stereocenters. The van der Waals surface area contributed by atoms with Gasteiger partial charge in [-0.2, -0.15) is 0 Å². The van der Waals surface area contributed by atoms with Crippen LogP contribution >= 0.6 is 39.7 Å². The zero-order valence-electron chi connectivity index (χ0n) is 10.5. The third-order valence-electron chi connectivity index (χ3n) is 2.66. The second-order valence-corrected chi connectivity index (χ2v) is 6.66. The van der Waals surface area contributed by atoms with Crippen molar-refractivity contribution in [3.63, 3.8) is 0 Å². The van der Waals surface area contributed by atoms with Crippen molar-refractivity contribution in [3.8, 4) is 0 Å². The molecule has 1 aromatic rings. The van der Waals surface area contributed by atoms with Crippen molar-refractivity contribution in [2.45, 2.75) is 19.4 Å². The van der Waals surface area contributed by atoms with Crippen LogP contribution in [0.25, 0.3) is 0 Å². The first kappa shape index (κ1) is 14.6. The molecule has 1 fully saturated rings. The summed E-state index contributed by atoms with van der Waals surface area (Å²) in [6.07, 6.45) is 0. The quantitative estimate of drug-likeness (QED) is 0.750. The van der Waals surface area contributed by atoms with Crippen LogP contribution in [0.1, 0.15) is 13.8 Å². The molecule has 1 saturated heterocycles. The molecule has 2 N–H and O–H groups in total. The van der Waals surface area contributed by atoms with E-state index in [9.17, 15) is 4.79 Å². The van der Waals surface area contributed by atoms with Crippen molar-refractivity contribution in [2.75, 3.05) is 11.9 Å². The molecular weight excluding hydrogens is 350 g/mol. The van der Waals surface area contributed by atoms with Crippen LogP contribution in [-0.2, 0) is 0 Å². The van der Waals surface area contributed by atoms with Crippen LogP contribution in [-0.4, -0.2) is 28.1 Å². The summed E-state index contributed by atoms with van der Waals surface area (Å²) in [4.78, 5) is 13.7. The second-order valence-electron chi connectivity index (χ2n) is 4.95. The molecule has 0 unspecified atom stereocenters. The number of carbonyl (C=O) groups is 1. The molecule has 0 saturated carbocycles. The van der Waals surface area contributed by atoms with Crippen molar-refractivity contribution in [2.24, 2.45) is 0 Å². The van der Waals surface area contributed by atoms with Crippen molar-refractivity contribution in [1.29, 1.82) is 0 Å². The Balaban J connectivity index is 2.12. The summed E-state index contributed by atoms with van der Waals surface area (Å²) in [5, 5.41) is 6.74. The molecule has 0 bridgehead atoms. The molecule has 0 aliphatic carbocycles. The van der Waals surface area contributed by atoms with Gasteiger partial charge >= 0.3 is 6.03 Å². The predicted octanol–water partition coefficient (Wildman–Crippen LogP) is 3.60. The highest BCUT2D eigenvalue weighted by Gasteiger charge is 2.35. The van der Waals surface area contributed by atoms with E-state index in [1.165, 1.54) is 4.90 Å². The van der Waals surface area contributed by atoms with E-state index in [2.05, 4.69) is 26.6 Å². The molecule has 1 aromatic carbocycles. The van der Waals surface area contributed by atoms with E-state index in [0.29, 0.717) is 22.4 Å². The first-order chi connectivity index (χ1) is 8.78. The molecule has 0 spiro atoms. The second kappa shape index (κ2) is 5.26. The van der Waals surface area contributed by atoms with Gasteiger partial charge in [0, 0.05) is 4.47 Å². The summed E-state index contributed by atoms with van der Waals surface area (Å²) < 4.78 is 0.856. The van der Waals surface area contributed by atoms with Crippen molar-refractivity contribution in [3.05, 3.63) is 27.7 Å². The highest BCUT2D eigenvalue weighted by molar-refractivity contribution is 9.10. The lowest BCUT2D eigenvalue weighted by molar-refractivity contribution is 0.233. The largest absolute Gasteiger partial charge is 0.355 e. The molecule has 2 rings (SSSR count). The summed E-state index contributed by atoms with van der Waals surface area (Å²) in [6, 6.07) is 4.99. The van der Waals surface area contributed by atoms with Gasteiger partial charge in [-0.05, 0) is 44.3 Å². The van der Waals surface area contributed by atoms with E-state index in [-0.39, 0.29) is 11.6 Å². The Morgan fingerprint density at radius 2 is 2.26 bits per heavy atom. The standard InChI is InChI=1S/C12H13BrClN3OS/c1-12(2)6-17(11(19)16-12)10(18)15-9-4-3-7(13)5-8(9)14/h3-5H,6H2,1-2H3,(H,15,18)(H,16,19). The predicted molar refractivity (Wildman–Crippen MR) is 84.7 cm³/mol. The van der Waals surface area contributed by atoms with E-state index in [0.717, 1.165) is 4.47 Å². The van der Waals surface area contributed by atoms with Crippen molar-refractivity contribution >= 4 is 56.6 Å². The molecule has 4 nitrogen and oxygen atoms in total. The average Bonchev–Trinajstić information content (AvgIpc) is 2.56. The lowest BCUT2D eigenvalue weighted by Gasteiger charge is -2.18. The van der Waals surface area contributed by atoms with E-state index in [1.54, 1.807) is 12.1 Å². The van der Waals surface area contributed by atoms with Crippen LogP contribution in [0.5, 0.6) is 0 Å². The van der Waals surface area contributed by atoms with E-state index in [1.807, 2.05) is 19.9 Å². The summed E-state index contributed by atoms with van der Waals surface area (Å²) in [6.45, 7) is 4.49. The Hall–Kier alpha value is -0.850. The van der Waals surface area contributed by atoms with E-state index >= 15 is 0 Å². The van der Waals surface area contributed by atoms with Gasteiger partial charge in [0.1, 0.15) is 0 Å². The molecule has 1 aliphatic rings. The number of nitrogens with zero attached hydrogens (tertiary/aromatic N) is 1. The first-order valence-corrected chi connectivity index (χ1v) is 7.22. The molecule has 1 aliphatic heterocycles. The Morgan fingerprint density at radius 3 is 2.79 bits per heavy atom. The van der Waals surface area contributed by atoms with Gasteiger partial charge in [-0.25, -0.2) is 4.79 Å². The minimum atomic E-state index is -0.285. The fourth-order valence-electron chi connectivity index (χ4n) is 1.80. The van der Waals surface area contributed by atoms with Gasteiger partial charge in [-0.1, -0.05) is 27.5 Å². The highest BCUT2D eigenvalue weighted by atomic mass is 79.9. The highest BCUT2D eigenvalue weighted by Crippen LogP contribution is 2.26. The fraction of sp³-hybridized carbons (Fsp3) is 0.333. The number of nitrogens with one attached hydrogen (secondary N) is 2. The summed E-state index contributed by atoms with van der Waals surface area (Å²) >= 11 is 14.5. The Morgan fingerprint density at radius 1 is 1.58 bits per heavy atom. The molecule has 1 heterocycles. The van der Waals surface area contributed by atoms with E-state index < -0.39 is 0 Å². The zero-order valence-corrected chi connectivity index (χ0v) is 13.6. The Bertz CT molecular complexity index is 550. The minimum absolute atomic E-state index is 0.210. The molecule has 0 radical (unpaired) electrons. The molecule has 102 valence electrons. The van der Waals surface area contributed by atoms with Gasteiger partial charge in [0.2, 0.25) is 0 Å². The average molecular weight is 363 g/mol. The summed E-state index contributed by atoms with van der Waals surface area (Å²) in [7, 11) is 0. The van der Waals surface area contributed by atoms with Crippen LogP contribution in [0.3, 0.4) is 0 Å². The topological polar surface area (TPSA) is 44.4 Å². The van der Waals surface area contributed by atoms with Gasteiger partial charge in [0.25, 0.3) is 0 Å². The maximum atomic E-state index is 12.2. The molecule has 19 heavy (non-hydrogen) atoms. The van der Waals surface area contributed by atoms with Gasteiger partial charge in [-0.3, -0.25) is 4.90 Å². The smallest absolute Gasteiger partial charge is 0.328 e. The zero-order chi connectivity index (χ0) is 14.2. The normalized spacial score (nSPS) is 17.3. The van der Waals surface area contributed by atoms with Crippen LogP contribution in [0.15, 0.2) is 22.7 Å². The Labute approximate surface area is 130 Å². The van der Waals surface area contributed by atoms with Gasteiger partial charge in [0.15, 0.2) is 5.11 Å².